The van der Waals surface area contributed by atoms with E-state index in [1.807, 2.05) is 0 Å². The SMILES string of the molecule is COC(=O)CCCN1CCC(N2CCCC2)C1. The van der Waals surface area contributed by atoms with E-state index in [1.54, 1.807) is 0 Å². The predicted octanol–water partition coefficient (Wildman–Crippen LogP) is 1.11. The number of hydrogen-bond acceptors (Lipinski definition) is 4. The van der Waals surface area contributed by atoms with Gasteiger partial charge < -0.3 is 9.64 Å². The van der Waals surface area contributed by atoms with E-state index in [-0.39, 0.29) is 5.97 Å². The predicted molar refractivity (Wildman–Crippen MR) is 66.9 cm³/mol. The van der Waals surface area contributed by atoms with Crippen LogP contribution in [0.2, 0.25) is 0 Å². The topological polar surface area (TPSA) is 32.8 Å². The molecule has 1 unspecified atom stereocenters. The van der Waals surface area contributed by atoms with Crippen LogP contribution in [-0.4, -0.2) is 61.6 Å². The van der Waals surface area contributed by atoms with Crippen molar-refractivity contribution in [3.05, 3.63) is 0 Å². The van der Waals surface area contributed by atoms with Gasteiger partial charge in [-0.2, -0.15) is 0 Å². The van der Waals surface area contributed by atoms with Crippen molar-refractivity contribution in [1.29, 1.82) is 0 Å². The molecule has 0 aliphatic carbocycles. The number of carbonyl (C=O) groups is 1. The number of carbonyl (C=O) groups excluding carboxylic acids is 1. The highest BCUT2D eigenvalue weighted by atomic mass is 16.5. The van der Waals surface area contributed by atoms with E-state index in [9.17, 15) is 4.79 Å². The van der Waals surface area contributed by atoms with Gasteiger partial charge in [-0.25, -0.2) is 0 Å². The molecule has 98 valence electrons. The average molecular weight is 240 g/mol. The van der Waals surface area contributed by atoms with Crippen LogP contribution in [0.1, 0.15) is 32.1 Å². The molecule has 1 atom stereocenters. The van der Waals surface area contributed by atoms with E-state index >= 15 is 0 Å². The third-order valence-corrected chi connectivity index (χ3v) is 3.99. The van der Waals surface area contributed by atoms with Gasteiger partial charge in [-0.1, -0.05) is 0 Å². The molecule has 0 radical (unpaired) electrons. The number of esters is 1. The summed E-state index contributed by atoms with van der Waals surface area (Å²) in [5.41, 5.74) is 0. The minimum atomic E-state index is -0.0831. The van der Waals surface area contributed by atoms with Gasteiger partial charge in [0, 0.05) is 19.0 Å². The summed E-state index contributed by atoms with van der Waals surface area (Å²) < 4.78 is 4.65. The number of likely N-dealkylation sites (tertiary alicyclic amines) is 2. The van der Waals surface area contributed by atoms with Crippen molar-refractivity contribution >= 4 is 5.97 Å². The van der Waals surface area contributed by atoms with E-state index in [4.69, 9.17) is 0 Å². The van der Waals surface area contributed by atoms with Gasteiger partial charge in [0.2, 0.25) is 0 Å². The van der Waals surface area contributed by atoms with Crippen LogP contribution in [0.15, 0.2) is 0 Å². The fraction of sp³-hybridized carbons (Fsp3) is 0.923. The zero-order chi connectivity index (χ0) is 12.1. The molecule has 2 aliphatic heterocycles. The van der Waals surface area contributed by atoms with Crippen LogP contribution in [-0.2, 0) is 9.53 Å². The lowest BCUT2D eigenvalue weighted by atomic mass is 10.2. The van der Waals surface area contributed by atoms with Crippen molar-refractivity contribution in [2.45, 2.75) is 38.1 Å². The van der Waals surface area contributed by atoms with Gasteiger partial charge in [-0.15, -0.1) is 0 Å². The molecule has 0 spiro atoms. The third kappa shape index (κ3) is 3.68. The minimum Gasteiger partial charge on any atom is -0.469 e. The zero-order valence-corrected chi connectivity index (χ0v) is 10.9. The molecule has 2 saturated heterocycles. The number of methoxy groups -OCH3 is 1. The van der Waals surface area contributed by atoms with Gasteiger partial charge in [0.1, 0.15) is 0 Å². The highest BCUT2D eigenvalue weighted by molar-refractivity contribution is 5.69. The summed E-state index contributed by atoms with van der Waals surface area (Å²) in [6, 6.07) is 0.774. The molecule has 2 aliphatic rings. The van der Waals surface area contributed by atoms with Crippen LogP contribution in [0.4, 0.5) is 0 Å². The summed E-state index contributed by atoms with van der Waals surface area (Å²) in [6.45, 7) is 6.02. The van der Waals surface area contributed by atoms with E-state index in [2.05, 4.69) is 14.5 Å². The lowest BCUT2D eigenvalue weighted by Gasteiger charge is -2.23. The highest BCUT2D eigenvalue weighted by Gasteiger charge is 2.28. The van der Waals surface area contributed by atoms with Gasteiger partial charge in [0.05, 0.1) is 7.11 Å². The maximum atomic E-state index is 11.0. The molecule has 4 nitrogen and oxygen atoms in total. The Labute approximate surface area is 104 Å². The molecule has 0 bridgehead atoms. The standard InChI is InChI=1S/C13H24N2O2/c1-17-13(16)5-4-7-14-10-6-12(11-14)15-8-2-3-9-15/h12H,2-11H2,1H3. The Morgan fingerprint density at radius 3 is 2.76 bits per heavy atom. The largest absolute Gasteiger partial charge is 0.469 e. The lowest BCUT2D eigenvalue weighted by Crippen LogP contribution is -2.35. The van der Waals surface area contributed by atoms with Crippen LogP contribution in [0.5, 0.6) is 0 Å². The smallest absolute Gasteiger partial charge is 0.305 e. The first-order valence-corrected chi connectivity index (χ1v) is 6.83. The Kier molecular flexibility index (Phi) is 4.80. The van der Waals surface area contributed by atoms with Gasteiger partial charge >= 0.3 is 5.97 Å². The van der Waals surface area contributed by atoms with Crippen molar-refractivity contribution in [3.8, 4) is 0 Å². The maximum Gasteiger partial charge on any atom is 0.305 e. The Bertz CT molecular complexity index is 252. The normalized spacial score (nSPS) is 26.5. The monoisotopic (exact) mass is 240 g/mol. The molecule has 17 heavy (non-hydrogen) atoms. The van der Waals surface area contributed by atoms with Crippen LogP contribution >= 0.6 is 0 Å². The Hall–Kier alpha value is -0.610. The Morgan fingerprint density at radius 1 is 1.29 bits per heavy atom. The first-order chi connectivity index (χ1) is 8.29. The summed E-state index contributed by atoms with van der Waals surface area (Å²) in [6.07, 6.45) is 5.54. The number of rotatable bonds is 5. The lowest BCUT2D eigenvalue weighted by molar-refractivity contribution is -0.140. The maximum absolute atomic E-state index is 11.0. The number of hydrogen-bond donors (Lipinski definition) is 0. The molecule has 0 amide bonds. The molecule has 2 fully saturated rings. The van der Waals surface area contributed by atoms with E-state index in [1.165, 1.54) is 52.6 Å². The van der Waals surface area contributed by atoms with Crippen molar-refractivity contribution < 1.29 is 9.53 Å². The van der Waals surface area contributed by atoms with Crippen LogP contribution in [0.25, 0.3) is 0 Å². The summed E-state index contributed by atoms with van der Waals surface area (Å²) in [7, 11) is 1.46. The molecule has 0 N–H and O–H groups in total. The van der Waals surface area contributed by atoms with Gasteiger partial charge in [-0.3, -0.25) is 9.69 Å². The van der Waals surface area contributed by atoms with E-state index in [0.29, 0.717) is 6.42 Å². The van der Waals surface area contributed by atoms with Crippen molar-refractivity contribution in [2.75, 3.05) is 39.8 Å². The highest BCUT2D eigenvalue weighted by Crippen LogP contribution is 2.20. The minimum absolute atomic E-state index is 0.0831. The van der Waals surface area contributed by atoms with Crippen molar-refractivity contribution in [1.82, 2.24) is 9.80 Å². The summed E-state index contributed by atoms with van der Waals surface area (Å²) in [5, 5.41) is 0. The van der Waals surface area contributed by atoms with Gasteiger partial charge in [0.15, 0.2) is 0 Å². The Balaban J connectivity index is 1.62. The summed E-state index contributed by atoms with van der Waals surface area (Å²) in [5.74, 6) is -0.0831. The van der Waals surface area contributed by atoms with Crippen LogP contribution in [0.3, 0.4) is 0 Å². The zero-order valence-electron chi connectivity index (χ0n) is 10.9. The second kappa shape index (κ2) is 6.36. The molecule has 0 aromatic heterocycles. The molecule has 0 saturated carbocycles. The molecular formula is C13H24N2O2. The third-order valence-electron chi connectivity index (χ3n) is 3.99. The van der Waals surface area contributed by atoms with Crippen molar-refractivity contribution in [2.24, 2.45) is 0 Å². The molecule has 2 rings (SSSR count). The van der Waals surface area contributed by atoms with E-state index in [0.717, 1.165) is 19.0 Å². The molecular weight excluding hydrogens is 216 g/mol. The quantitative estimate of drug-likeness (QED) is 0.674. The van der Waals surface area contributed by atoms with Gasteiger partial charge in [0.25, 0.3) is 0 Å². The first-order valence-electron chi connectivity index (χ1n) is 6.83. The number of ether oxygens (including phenoxy) is 1. The summed E-state index contributed by atoms with van der Waals surface area (Å²) in [4.78, 5) is 16.1. The fourth-order valence-electron chi connectivity index (χ4n) is 2.97. The number of nitrogens with zero attached hydrogens (tertiary/aromatic N) is 2. The second-order valence-electron chi connectivity index (χ2n) is 5.17. The summed E-state index contributed by atoms with van der Waals surface area (Å²) >= 11 is 0. The van der Waals surface area contributed by atoms with E-state index < -0.39 is 0 Å². The van der Waals surface area contributed by atoms with Gasteiger partial charge in [-0.05, 0) is 51.9 Å². The second-order valence-corrected chi connectivity index (χ2v) is 5.17. The fourth-order valence-corrected chi connectivity index (χ4v) is 2.97. The molecule has 2 heterocycles. The molecule has 0 aromatic carbocycles. The Morgan fingerprint density at radius 2 is 2.06 bits per heavy atom. The first kappa shape index (κ1) is 12.8. The van der Waals surface area contributed by atoms with Crippen LogP contribution < -0.4 is 0 Å². The van der Waals surface area contributed by atoms with Crippen LogP contribution in [0, 0.1) is 0 Å². The average Bonchev–Trinajstić information content (AvgIpc) is 2.98. The van der Waals surface area contributed by atoms with Crippen molar-refractivity contribution in [3.63, 3.8) is 0 Å². The molecule has 4 heteroatoms. The molecule has 0 aromatic rings.